The van der Waals surface area contributed by atoms with Crippen molar-refractivity contribution >= 4 is 38.1 Å². The summed E-state index contributed by atoms with van der Waals surface area (Å²) in [5, 5.41) is 2.93. The summed E-state index contributed by atoms with van der Waals surface area (Å²) in [6, 6.07) is 9.72. The van der Waals surface area contributed by atoms with E-state index in [1.165, 1.54) is 5.56 Å². The maximum atomic E-state index is 13.2. The number of hydrogen-bond donors (Lipinski definition) is 0. The first-order valence-electron chi connectivity index (χ1n) is 9.46. The van der Waals surface area contributed by atoms with E-state index in [0.717, 1.165) is 27.8 Å². The minimum absolute atomic E-state index is 0.0518. The summed E-state index contributed by atoms with van der Waals surface area (Å²) in [6.45, 7) is 2.54. The lowest BCUT2D eigenvalue weighted by Gasteiger charge is -2.28. The van der Waals surface area contributed by atoms with Gasteiger partial charge in [-0.3, -0.25) is 4.79 Å². The van der Waals surface area contributed by atoms with Crippen molar-refractivity contribution in [2.24, 2.45) is 0 Å². The summed E-state index contributed by atoms with van der Waals surface area (Å²) in [5.74, 6) is 0.150. The molecule has 1 unspecified atom stereocenters. The molecule has 1 aliphatic heterocycles. The van der Waals surface area contributed by atoms with Crippen molar-refractivity contribution in [1.82, 2.24) is 4.90 Å². The van der Waals surface area contributed by atoms with Crippen LogP contribution in [0.3, 0.4) is 0 Å². The molecule has 28 heavy (non-hydrogen) atoms. The molecule has 1 atom stereocenters. The van der Waals surface area contributed by atoms with Crippen LogP contribution in [-0.4, -0.2) is 36.8 Å². The number of rotatable bonds is 6. The number of benzene rings is 1. The second-order valence-corrected chi connectivity index (χ2v) is 10.5. The van der Waals surface area contributed by atoms with Crippen molar-refractivity contribution in [1.29, 1.82) is 0 Å². The largest absolute Gasteiger partial charge is 0.464 e. The van der Waals surface area contributed by atoms with Crippen LogP contribution in [0, 0.1) is 0 Å². The third-order valence-electron chi connectivity index (χ3n) is 5.34. The van der Waals surface area contributed by atoms with Crippen molar-refractivity contribution in [3.05, 3.63) is 58.0 Å². The number of amides is 1. The quantitative estimate of drug-likeness (QED) is 0.612. The fourth-order valence-electron chi connectivity index (χ4n) is 3.76. The molecule has 3 aromatic rings. The van der Waals surface area contributed by atoms with E-state index >= 15 is 0 Å². The Morgan fingerprint density at radius 1 is 1.32 bits per heavy atom. The smallest absolute Gasteiger partial charge is 0.227 e. The van der Waals surface area contributed by atoms with Crippen molar-refractivity contribution in [2.45, 2.75) is 38.8 Å². The lowest BCUT2D eigenvalue weighted by atomic mass is 10.0. The van der Waals surface area contributed by atoms with Crippen LogP contribution in [0.1, 0.15) is 29.3 Å². The Kier molecular flexibility index (Phi) is 5.29. The number of aryl methyl sites for hydroxylation is 1. The number of furan rings is 1. The molecule has 7 heteroatoms. The van der Waals surface area contributed by atoms with Crippen molar-refractivity contribution in [3.8, 4) is 0 Å². The van der Waals surface area contributed by atoms with E-state index in [9.17, 15) is 13.2 Å². The molecule has 5 nitrogen and oxygen atoms in total. The van der Waals surface area contributed by atoms with Crippen LogP contribution in [0.15, 0.2) is 46.4 Å². The second kappa shape index (κ2) is 7.72. The van der Waals surface area contributed by atoms with Crippen LogP contribution in [0.2, 0.25) is 0 Å². The van der Waals surface area contributed by atoms with Gasteiger partial charge >= 0.3 is 0 Å². The molecule has 0 bridgehead atoms. The molecule has 0 aliphatic carbocycles. The van der Waals surface area contributed by atoms with Crippen LogP contribution in [0.5, 0.6) is 0 Å². The normalized spacial score (nSPS) is 18.5. The fraction of sp³-hybridized carbons (Fsp3) is 0.381. The van der Waals surface area contributed by atoms with Gasteiger partial charge in [0.05, 0.1) is 30.7 Å². The molecule has 1 aliphatic rings. The lowest BCUT2D eigenvalue weighted by Crippen LogP contribution is -2.41. The molecule has 4 rings (SSSR count). The van der Waals surface area contributed by atoms with Gasteiger partial charge in [0, 0.05) is 21.9 Å². The SMILES string of the molecule is CCc1ccc2occ(CC(=O)N(Cc3cccs3)C3CCS(=O)(=O)C3)c2c1. The summed E-state index contributed by atoms with van der Waals surface area (Å²) in [5.41, 5.74) is 2.82. The molecule has 148 valence electrons. The second-order valence-electron chi connectivity index (χ2n) is 7.28. The van der Waals surface area contributed by atoms with Gasteiger partial charge in [0.1, 0.15) is 5.58 Å². The highest BCUT2D eigenvalue weighted by Gasteiger charge is 2.35. The van der Waals surface area contributed by atoms with Gasteiger partial charge in [0.15, 0.2) is 9.84 Å². The Morgan fingerprint density at radius 2 is 2.18 bits per heavy atom. The van der Waals surface area contributed by atoms with Crippen LogP contribution in [-0.2, 0) is 34.0 Å². The van der Waals surface area contributed by atoms with Crippen molar-refractivity contribution < 1.29 is 17.6 Å². The molecule has 0 saturated carbocycles. The number of sulfone groups is 1. The summed E-state index contributed by atoms with van der Waals surface area (Å²) >= 11 is 1.58. The molecular formula is C21H23NO4S2. The third-order valence-corrected chi connectivity index (χ3v) is 7.96. The van der Waals surface area contributed by atoms with Crippen molar-refractivity contribution in [3.63, 3.8) is 0 Å². The average Bonchev–Trinajstić information content (AvgIpc) is 3.40. The van der Waals surface area contributed by atoms with E-state index < -0.39 is 9.84 Å². The number of fused-ring (bicyclic) bond motifs is 1. The molecule has 1 fully saturated rings. The zero-order chi connectivity index (χ0) is 19.7. The van der Waals surface area contributed by atoms with E-state index in [1.54, 1.807) is 22.5 Å². The standard InChI is InChI=1S/C21H23NO4S2/c1-2-15-5-6-20-19(10-15)16(13-26-20)11-21(23)22(12-18-4-3-8-27-18)17-7-9-28(24,25)14-17/h3-6,8,10,13,17H,2,7,9,11-12,14H2,1H3. The Balaban J connectivity index is 1.60. The lowest BCUT2D eigenvalue weighted by molar-refractivity contribution is -0.133. The van der Waals surface area contributed by atoms with E-state index in [2.05, 4.69) is 13.0 Å². The number of hydrogen-bond acceptors (Lipinski definition) is 5. The van der Waals surface area contributed by atoms with Gasteiger partial charge in [-0.05, 0) is 42.0 Å². The number of nitrogens with zero attached hydrogens (tertiary/aromatic N) is 1. The highest BCUT2D eigenvalue weighted by molar-refractivity contribution is 7.91. The van der Waals surface area contributed by atoms with Gasteiger partial charge in [-0.1, -0.05) is 19.1 Å². The van der Waals surface area contributed by atoms with Gasteiger partial charge in [0.2, 0.25) is 5.91 Å². The third kappa shape index (κ3) is 4.00. The Bertz CT molecular complexity index is 1080. The number of thiophene rings is 1. The average molecular weight is 418 g/mol. The minimum Gasteiger partial charge on any atom is -0.464 e. The monoisotopic (exact) mass is 417 g/mol. The topological polar surface area (TPSA) is 67.6 Å². The zero-order valence-corrected chi connectivity index (χ0v) is 17.4. The summed E-state index contributed by atoms with van der Waals surface area (Å²) in [6.07, 6.45) is 3.28. The maximum absolute atomic E-state index is 13.2. The van der Waals surface area contributed by atoms with Crippen LogP contribution in [0.25, 0.3) is 11.0 Å². The molecule has 3 heterocycles. The zero-order valence-electron chi connectivity index (χ0n) is 15.8. The van der Waals surface area contributed by atoms with Crippen molar-refractivity contribution in [2.75, 3.05) is 11.5 Å². The highest BCUT2D eigenvalue weighted by Crippen LogP contribution is 2.26. The highest BCUT2D eigenvalue weighted by atomic mass is 32.2. The van der Waals surface area contributed by atoms with Crippen LogP contribution >= 0.6 is 11.3 Å². The summed E-state index contributed by atoms with van der Waals surface area (Å²) in [7, 11) is -3.07. The number of carbonyl (C=O) groups excluding carboxylic acids is 1. The summed E-state index contributed by atoms with van der Waals surface area (Å²) in [4.78, 5) is 16.0. The molecule has 0 spiro atoms. The molecule has 1 saturated heterocycles. The molecule has 2 aromatic heterocycles. The number of carbonyl (C=O) groups is 1. The Hall–Kier alpha value is -2.12. The summed E-state index contributed by atoms with van der Waals surface area (Å²) < 4.78 is 29.6. The van der Waals surface area contributed by atoms with Gasteiger partial charge in [-0.25, -0.2) is 8.42 Å². The molecular weight excluding hydrogens is 394 g/mol. The Morgan fingerprint density at radius 3 is 2.86 bits per heavy atom. The first kappa shape index (κ1) is 19.2. The minimum atomic E-state index is -3.07. The fourth-order valence-corrected chi connectivity index (χ4v) is 6.20. The maximum Gasteiger partial charge on any atom is 0.227 e. The molecule has 1 aromatic carbocycles. The van der Waals surface area contributed by atoms with Crippen LogP contribution < -0.4 is 0 Å². The van der Waals surface area contributed by atoms with Gasteiger partial charge in [-0.15, -0.1) is 11.3 Å². The van der Waals surface area contributed by atoms with E-state index in [0.29, 0.717) is 13.0 Å². The van der Waals surface area contributed by atoms with E-state index in [1.807, 2.05) is 29.6 Å². The predicted molar refractivity (Wildman–Crippen MR) is 111 cm³/mol. The van der Waals surface area contributed by atoms with Gasteiger partial charge < -0.3 is 9.32 Å². The molecule has 1 amide bonds. The van der Waals surface area contributed by atoms with Gasteiger partial charge in [-0.2, -0.15) is 0 Å². The first-order chi connectivity index (χ1) is 13.4. The predicted octanol–water partition coefficient (Wildman–Crippen LogP) is 3.82. The van der Waals surface area contributed by atoms with Crippen LogP contribution in [0.4, 0.5) is 0 Å². The molecule has 0 N–H and O–H groups in total. The molecule has 0 radical (unpaired) electrons. The van der Waals surface area contributed by atoms with E-state index in [-0.39, 0.29) is 29.9 Å². The van der Waals surface area contributed by atoms with E-state index in [4.69, 9.17) is 4.42 Å². The first-order valence-corrected chi connectivity index (χ1v) is 12.2. The Labute approximate surface area is 168 Å². The van der Waals surface area contributed by atoms with Gasteiger partial charge in [0.25, 0.3) is 0 Å².